The van der Waals surface area contributed by atoms with Gasteiger partial charge in [-0.05, 0) is 67.9 Å². The number of alkyl halides is 2. The van der Waals surface area contributed by atoms with E-state index in [1.165, 1.54) is 45.3 Å². The summed E-state index contributed by atoms with van der Waals surface area (Å²) in [7, 11) is 0. The normalized spacial score (nSPS) is 32.8. The first-order valence-corrected chi connectivity index (χ1v) is 11.3. The number of halogens is 2. The molecule has 1 saturated carbocycles. The first-order chi connectivity index (χ1) is 14.0. The molecule has 0 bridgehead atoms. The molecule has 5 rings (SSSR count). The highest BCUT2D eigenvalue weighted by Crippen LogP contribution is 2.43. The lowest BCUT2D eigenvalue weighted by Crippen LogP contribution is -2.31. The summed E-state index contributed by atoms with van der Waals surface area (Å²) in [6, 6.07) is 3.86. The largest absolute Gasteiger partial charge is 0.381 e. The minimum Gasteiger partial charge on any atom is -0.381 e. The second-order valence-corrected chi connectivity index (χ2v) is 9.75. The van der Waals surface area contributed by atoms with Gasteiger partial charge in [-0.2, -0.15) is 5.10 Å². The zero-order valence-electron chi connectivity index (χ0n) is 17.1. The van der Waals surface area contributed by atoms with Crippen LogP contribution in [0.5, 0.6) is 0 Å². The Kier molecular flexibility index (Phi) is 5.45. The maximum Gasteiger partial charge on any atom is 0.266 e. The van der Waals surface area contributed by atoms with E-state index in [4.69, 9.17) is 4.74 Å². The van der Waals surface area contributed by atoms with Crippen molar-refractivity contribution < 1.29 is 13.5 Å². The van der Waals surface area contributed by atoms with Crippen LogP contribution in [0.2, 0.25) is 0 Å². The van der Waals surface area contributed by atoms with Crippen molar-refractivity contribution in [1.82, 2.24) is 15.1 Å². The molecular formula is C22H32F2N4O. The molecule has 4 aliphatic rings. The van der Waals surface area contributed by atoms with Crippen molar-refractivity contribution in [1.29, 1.82) is 0 Å². The second kappa shape index (κ2) is 8.06. The lowest BCUT2D eigenvalue weighted by atomic mass is 9.98. The zero-order valence-corrected chi connectivity index (χ0v) is 17.1. The maximum absolute atomic E-state index is 13.4. The fourth-order valence-corrected chi connectivity index (χ4v) is 5.99. The van der Waals surface area contributed by atoms with Gasteiger partial charge < -0.3 is 14.5 Å². The molecule has 1 unspecified atom stereocenters. The number of nitrogens with zero attached hydrogens (tertiary/aromatic N) is 4. The number of rotatable bonds is 5. The molecule has 0 amide bonds. The van der Waals surface area contributed by atoms with E-state index in [1.807, 2.05) is 12.1 Å². The minimum atomic E-state index is -2.60. The van der Waals surface area contributed by atoms with Crippen molar-refractivity contribution in [3.63, 3.8) is 0 Å². The molecule has 0 spiro atoms. The Hall–Kier alpha value is -1.34. The Morgan fingerprint density at radius 1 is 1.03 bits per heavy atom. The van der Waals surface area contributed by atoms with E-state index in [0.717, 1.165) is 43.1 Å². The van der Waals surface area contributed by atoms with Crippen LogP contribution in [0, 0.1) is 23.7 Å². The average molecular weight is 407 g/mol. The van der Waals surface area contributed by atoms with E-state index < -0.39 is 5.92 Å². The van der Waals surface area contributed by atoms with Crippen molar-refractivity contribution in [3.8, 4) is 0 Å². The first kappa shape index (κ1) is 19.6. The third kappa shape index (κ3) is 4.55. The molecule has 3 aliphatic heterocycles. The Labute approximate surface area is 171 Å². The minimum absolute atomic E-state index is 0.0905. The van der Waals surface area contributed by atoms with Crippen LogP contribution >= 0.6 is 0 Å². The van der Waals surface area contributed by atoms with E-state index in [9.17, 15) is 8.78 Å². The monoisotopic (exact) mass is 406 g/mol. The second-order valence-electron chi connectivity index (χ2n) is 9.75. The highest BCUT2D eigenvalue weighted by Gasteiger charge is 2.41. The zero-order chi connectivity index (χ0) is 19.8. The lowest BCUT2D eigenvalue weighted by Gasteiger charge is -2.27. The van der Waals surface area contributed by atoms with Crippen LogP contribution in [0.1, 0.15) is 37.8 Å². The van der Waals surface area contributed by atoms with Crippen LogP contribution < -0.4 is 4.90 Å². The predicted octanol–water partition coefficient (Wildman–Crippen LogP) is 3.25. The molecule has 5 nitrogen and oxygen atoms in total. The van der Waals surface area contributed by atoms with Crippen molar-refractivity contribution >= 4 is 5.82 Å². The summed E-state index contributed by atoms with van der Waals surface area (Å²) in [5.74, 6) is 1.16. The molecular weight excluding hydrogens is 374 g/mol. The molecule has 1 aliphatic carbocycles. The first-order valence-electron chi connectivity index (χ1n) is 11.3. The molecule has 4 fully saturated rings. The Morgan fingerprint density at radius 3 is 2.41 bits per heavy atom. The Bertz CT molecular complexity index is 681. The molecule has 7 heteroatoms. The summed E-state index contributed by atoms with van der Waals surface area (Å²) in [5.41, 5.74) is 1.00. The van der Waals surface area contributed by atoms with Crippen molar-refractivity contribution in [2.24, 2.45) is 23.7 Å². The molecule has 0 aromatic carbocycles. The molecule has 160 valence electrons. The number of aromatic nitrogens is 2. The van der Waals surface area contributed by atoms with Crippen LogP contribution in [0.4, 0.5) is 14.6 Å². The summed E-state index contributed by atoms with van der Waals surface area (Å²) < 4.78 is 32.3. The van der Waals surface area contributed by atoms with Gasteiger partial charge in [0.25, 0.3) is 5.92 Å². The predicted molar refractivity (Wildman–Crippen MR) is 107 cm³/mol. The Morgan fingerprint density at radius 2 is 1.79 bits per heavy atom. The van der Waals surface area contributed by atoms with Gasteiger partial charge in [-0.3, -0.25) is 0 Å². The van der Waals surface area contributed by atoms with Gasteiger partial charge in [-0.15, -0.1) is 5.10 Å². The van der Waals surface area contributed by atoms with Gasteiger partial charge in [0, 0.05) is 45.8 Å². The SMILES string of the molecule is FC1(F)CCN(c2ccc(CC3C[C@@H]4CN(CC5CCOCC5)C[C@@H]4C3)nn2)C1. The standard InChI is InChI=1S/C22H32F2N4O/c23-22(24)5-6-28(15-22)21-2-1-20(25-26-21)11-17-9-18-13-27(14-19(18)10-17)12-16-3-7-29-8-4-16/h1-2,16-19H,3-15H2/t17?,18-,19+. The van der Waals surface area contributed by atoms with E-state index in [0.29, 0.717) is 18.3 Å². The number of ether oxygens (including phenoxy) is 1. The summed E-state index contributed by atoms with van der Waals surface area (Å²) in [5, 5.41) is 8.60. The fraction of sp³-hybridized carbons (Fsp3) is 0.818. The molecule has 3 saturated heterocycles. The number of hydrogen-bond donors (Lipinski definition) is 0. The average Bonchev–Trinajstić information content (AvgIpc) is 3.36. The van der Waals surface area contributed by atoms with Crippen LogP contribution in [0.3, 0.4) is 0 Å². The van der Waals surface area contributed by atoms with E-state index >= 15 is 0 Å². The van der Waals surface area contributed by atoms with E-state index in [-0.39, 0.29) is 13.0 Å². The lowest BCUT2D eigenvalue weighted by molar-refractivity contribution is 0.0256. The molecule has 1 aromatic rings. The highest BCUT2D eigenvalue weighted by molar-refractivity contribution is 5.39. The summed E-state index contributed by atoms with van der Waals surface area (Å²) in [4.78, 5) is 4.34. The number of anilines is 1. The molecule has 3 atom stereocenters. The third-order valence-electron chi connectivity index (χ3n) is 7.48. The van der Waals surface area contributed by atoms with E-state index in [1.54, 1.807) is 4.90 Å². The number of hydrogen-bond acceptors (Lipinski definition) is 5. The van der Waals surface area contributed by atoms with Gasteiger partial charge >= 0.3 is 0 Å². The third-order valence-corrected chi connectivity index (χ3v) is 7.48. The summed E-state index contributed by atoms with van der Waals surface area (Å²) >= 11 is 0. The molecule has 29 heavy (non-hydrogen) atoms. The Balaban J connectivity index is 1.09. The smallest absolute Gasteiger partial charge is 0.266 e. The topological polar surface area (TPSA) is 41.5 Å². The van der Waals surface area contributed by atoms with Gasteiger partial charge in [-0.1, -0.05) is 0 Å². The summed E-state index contributed by atoms with van der Waals surface area (Å²) in [6.45, 7) is 5.76. The van der Waals surface area contributed by atoms with Crippen LogP contribution in [0.25, 0.3) is 0 Å². The number of likely N-dealkylation sites (tertiary alicyclic amines) is 1. The highest BCUT2D eigenvalue weighted by atomic mass is 19.3. The van der Waals surface area contributed by atoms with Crippen molar-refractivity contribution in [2.45, 2.75) is 44.4 Å². The quantitative estimate of drug-likeness (QED) is 0.751. The molecule has 0 N–H and O–H groups in total. The number of fused-ring (bicyclic) bond motifs is 1. The van der Waals surface area contributed by atoms with Gasteiger partial charge in [0.15, 0.2) is 5.82 Å². The van der Waals surface area contributed by atoms with E-state index in [2.05, 4.69) is 15.1 Å². The van der Waals surface area contributed by atoms with Crippen LogP contribution in [-0.4, -0.2) is 67.0 Å². The van der Waals surface area contributed by atoms with Crippen LogP contribution in [0.15, 0.2) is 12.1 Å². The van der Waals surface area contributed by atoms with Crippen LogP contribution in [-0.2, 0) is 11.2 Å². The van der Waals surface area contributed by atoms with Gasteiger partial charge in [0.2, 0.25) is 0 Å². The fourth-order valence-electron chi connectivity index (χ4n) is 5.99. The van der Waals surface area contributed by atoms with Crippen molar-refractivity contribution in [2.75, 3.05) is 50.8 Å². The maximum atomic E-state index is 13.4. The van der Waals surface area contributed by atoms with Crippen molar-refractivity contribution in [3.05, 3.63) is 17.8 Å². The van der Waals surface area contributed by atoms with Gasteiger partial charge in [0.1, 0.15) is 0 Å². The summed E-state index contributed by atoms with van der Waals surface area (Å²) in [6.07, 6.45) is 5.90. The molecule has 1 aromatic heterocycles. The van der Waals surface area contributed by atoms with Gasteiger partial charge in [-0.25, -0.2) is 8.78 Å². The molecule has 4 heterocycles. The van der Waals surface area contributed by atoms with Gasteiger partial charge in [0.05, 0.1) is 12.2 Å². The molecule has 0 radical (unpaired) electrons.